The van der Waals surface area contributed by atoms with Crippen molar-refractivity contribution in [3.8, 4) is 0 Å². The summed E-state index contributed by atoms with van der Waals surface area (Å²) in [6, 6.07) is 21.0. The minimum absolute atomic E-state index is 0.0493. The number of nitrogens with one attached hydrogen (secondary N) is 1. The number of amides is 2. The minimum Gasteiger partial charge on any atom is -0.391 e. The molecule has 0 fully saturated rings. The Hall–Kier alpha value is -3.57. The van der Waals surface area contributed by atoms with Crippen molar-refractivity contribution < 1.29 is 23.1 Å². The lowest BCUT2D eigenvalue weighted by molar-refractivity contribution is 0.0751. The first-order valence-electron chi connectivity index (χ1n) is 14.3. The number of benzene rings is 3. The van der Waals surface area contributed by atoms with Gasteiger partial charge in [-0.1, -0.05) is 62.4 Å². The summed E-state index contributed by atoms with van der Waals surface area (Å²) in [6.45, 7) is 5.89. The van der Waals surface area contributed by atoms with Crippen LogP contribution in [0.4, 0.5) is 0 Å². The lowest BCUT2D eigenvalue weighted by Gasteiger charge is -2.29. The maximum Gasteiger partial charge on any atom is 0.254 e. The number of primary amides is 1. The Labute approximate surface area is 249 Å². The topological polar surface area (TPSA) is 156 Å². The molecule has 42 heavy (non-hydrogen) atoms. The maximum absolute atomic E-state index is 13.8. The number of aliphatic hydroxyl groups excluding tert-OH is 1. The second-order valence-corrected chi connectivity index (χ2v) is 12.0. The molecule has 6 N–H and O–H groups in total. The first-order valence-corrected chi connectivity index (χ1v) is 15.9. The van der Waals surface area contributed by atoms with Gasteiger partial charge in [0.2, 0.25) is 15.9 Å². The molecule has 0 aliphatic rings. The molecule has 0 saturated carbocycles. The Morgan fingerprint density at radius 1 is 0.881 bits per heavy atom. The average molecular weight is 595 g/mol. The van der Waals surface area contributed by atoms with E-state index < -0.39 is 28.0 Å². The van der Waals surface area contributed by atoms with Crippen molar-refractivity contribution in [1.82, 2.24) is 10.2 Å². The van der Waals surface area contributed by atoms with Gasteiger partial charge >= 0.3 is 0 Å². The molecular weight excluding hydrogens is 552 g/mol. The predicted molar refractivity (Wildman–Crippen MR) is 165 cm³/mol. The van der Waals surface area contributed by atoms with Crippen LogP contribution in [-0.2, 0) is 22.9 Å². The monoisotopic (exact) mass is 594 g/mol. The van der Waals surface area contributed by atoms with Crippen molar-refractivity contribution in [2.24, 2.45) is 10.9 Å². The molecule has 0 heterocycles. The molecular formula is C32H42N4O5S. The number of carbonyl (C=O) groups excluding carboxylic acids is 2. The molecule has 0 spiro atoms. The summed E-state index contributed by atoms with van der Waals surface area (Å²) in [5.74, 6) is -1.43. The van der Waals surface area contributed by atoms with Gasteiger partial charge in [-0.05, 0) is 73.2 Å². The fourth-order valence-corrected chi connectivity index (χ4v) is 5.68. The van der Waals surface area contributed by atoms with E-state index in [0.717, 1.165) is 24.0 Å². The quantitative estimate of drug-likeness (QED) is 0.187. The molecule has 0 aromatic heterocycles. The van der Waals surface area contributed by atoms with Gasteiger partial charge in [0.25, 0.3) is 5.91 Å². The Bertz CT molecular complexity index is 1420. The summed E-state index contributed by atoms with van der Waals surface area (Å²) in [7, 11) is -3.76. The summed E-state index contributed by atoms with van der Waals surface area (Å²) in [5, 5.41) is 20.0. The van der Waals surface area contributed by atoms with E-state index in [2.05, 4.69) is 5.32 Å². The standard InChI is InChI=1S/C32H42N4O5S/c1-3-19-36(20-4-2)32(39)27-12-8-11-26(31(33)38)30(27)28(21-24-9-6-5-7-10-24)29(37)22-35-18-17-23-13-15-25(16-14-23)42(34,40)41/h5-16,28-29,35,37H,3-4,17-22H2,1-2H3,(H2,33,38)(H2,34,40,41)/t28-,29?/m1/s1. The van der Waals surface area contributed by atoms with E-state index in [1.165, 1.54) is 12.1 Å². The van der Waals surface area contributed by atoms with Gasteiger partial charge in [0.15, 0.2) is 0 Å². The van der Waals surface area contributed by atoms with E-state index in [1.807, 2.05) is 44.2 Å². The highest BCUT2D eigenvalue weighted by atomic mass is 32.2. The van der Waals surface area contributed by atoms with E-state index in [4.69, 9.17) is 10.9 Å². The van der Waals surface area contributed by atoms with Gasteiger partial charge < -0.3 is 21.1 Å². The van der Waals surface area contributed by atoms with Crippen LogP contribution in [0, 0.1) is 0 Å². The third-order valence-corrected chi connectivity index (χ3v) is 8.13. The van der Waals surface area contributed by atoms with E-state index in [-0.39, 0.29) is 22.9 Å². The molecule has 3 aromatic rings. The third-order valence-electron chi connectivity index (χ3n) is 7.21. The molecule has 1 unspecified atom stereocenters. The second kappa shape index (κ2) is 15.6. The SMILES string of the molecule is CCCN(CCC)C(=O)c1cccc(C(N)=O)c1[C@H](Cc1ccccc1)C(O)CNCCc1ccc(S(N)(=O)=O)cc1. The number of hydrogen-bond acceptors (Lipinski definition) is 6. The zero-order valence-electron chi connectivity index (χ0n) is 24.3. The highest BCUT2D eigenvalue weighted by molar-refractivity contribution is 7.89. The summed E-state index contributed by atoms with van der Waals surface area (Å²) in [5.41, 5.74) is 8.75. The number of hydrogen-bond donors (Lipinski definition) is 4. The summed E-state index contributed by atoms with van der Waals surface area (Å²) in [4.78, 5) is 28.3. The van der Waals surface area contributed by atoms with Crippen LogP contribution in [0.15, 0.2) is 77.7 Å². The van der Waals surface area contributed by atoms with Gasteiger partial charge in [-0.15, -0.1) is 0 Å². The maximum atomic E-state index is 13.8. The number of carbonyl (C=O) groups is 2. The van der Waals surface area contributed by atoms with Crippen LogP contribution in [0.2, 0.25) is 0 Å². The van der Waals surface area contributed by atoms with Crippen molar-refractivity contribution in [2.45, 2.75) is 56.4 Å². The van der Waals surface area contributed by atoms with E-state index in [9.17, 15) is 23.1 Å². The zero-order chi connectivity index (χ0) is 30.7. The van der Waals surface area contributed by atoms with E-state index in [1.54, 1.807) is 35.2 Å². The molecule has 3 rings (SSSR count). The number of sulfonamides is 1. The summed E-state index contributed by atoms with van der Waals surface area (Å²) >= 11 is 0. The molecule has 0 radical (unpaired) electrons. The average Bonchev–Trinajstić information content (AvgIpc) is 2.97. The number of rotatable bonds is 16. The van der Waals surface area contributed by atoms with Crippen molar-refractivity contribution in [3.05, 3.63) is 101 Å². The zero-order valence-corrected chi connectivity index (χ0v) is 25.1. The van der Waals surface area contributed by atoms with Gasteiger partial charge in [-0.3, -0.25) is 9.59 Å². The Kier molecular flexibility index (Phi) is 12.2. The second-order valence-electron chi connectivity index (χ2n) is 10.4. The molecule has 0 aliphatic carbocycles. The highest BCUT2D eigenvalue weighted by Gasteiger charge is 2.31. The van der Waals surface area contributed by atoms with Crippen LogP contribution in [-0.4, -0.2) is 62.5 Å². The van der Waals surface area contributed by atoms with E-state index in [0.29, 0.717) is 43.6 Å². The number of nitrogens with zero attached hydrogens (tertiary/aromatic N) is 1. The van der Waals surface area contributed by atoms with Gasteiger partial charge in [0, 0.05) is 36.7 Å². The molecule has 3 aromatic carbocycles. The third kappa shape index (κ3) is 8.96. The number of aliphatic hydroxyl groups is 1. The number of primary sulfonamides is 1. The van der Waals surface area contributed by atoms with Gasteiger partial charge in [-0.2, -0.15) is 0 Å². The first-order chi connectivity index (χ1) is 20.1. The highest BCUT2D eigenvalue weighted by Crippen LogP contribution is 2.32. The van der Waals surface area contributed by atoms with Crippen molar-refractivity contribution in [3.63, 3.8) is 0 Å². The normalized spacial score (nSPS) is 13.0. The van der Waals surface area contributed by atoms with Crippen molar-refractivity contribution in [2.75, 3.05) is 26.2 Å². The summed E-state index contributed by atoms with van der Waals surface area (Å²) in [6.07, 6.45) is 1.62. The smallest absolute Gasteiger partial charge is 0.254 e. The van der Waals surface area contributed by atoms with Crippen LogP contribution in [0.25, 0.3) is 0 Å². The Balaban J connectivity index is 1.90. The number of nitrogens with two attached hydrogens (primary N) is 2. The molecule has 226 valence electrons. The van der Waals surface area contributed by atoms with E-state index >= 15 is 0 Å². The van der Waals surface area contributed by atoms with Crippen LogP contribution in [0.3, 0.4) is 0 Å². The molecule has 0 bridgehead atoms. The first kappa shape index (κ1) is 32.9. The fraction of sp³-hybridized carbons (Fsp3) is 0.375. The fourth-order valence-electron chi connectivity index (χ4n) is 5.16. The molecule has 0 saturated heterocycles. The molecule has 0 aliphatic heterocycles. The van der Waals surface area contributed by atoms with Crippen molar-refractivity contribution >= 4 is 21.8 Å². The van der Waals surface area contributed by atoms with Gasteiger partial charge in [0.1, 0.15) is 0 Å². The molecule has 9 nitrogen and oxygen atoms in total. The van der Waals surface area contributed by atoms with Crippen LogP contribution in [0.5, 0.6) is 0 Å². The van der Waals surface area contributed by atoms with Gasteiger partial charge in [0.05, 0.1) is 11.0 Å². The lowest BCUT2D eigenvalue weighted by Crippen LogP contribution is -2.38. The van der Waals surface area contributed by atoms with Crippen LogP contribution >= 0.6 is 0 Å². The largest absolute Gasteiger partial charge is 0.391 e. The lowest BCUT2D eigenvalue weighted by atomic mass is 9.81. The van der Waals surface area contributed by atoms with Crippen molar-refractivity contribution in [1.29, 1.82) is 0 Å². The Morgan fingerprint density at radius 2 is 1.50 bits per heavy atom. The molecule has 2 amide bonds. The van der Waals surface area contributed by atoms with Crippen LogP contribution < -0.4 is 16.2 Å². The van der Waals surface area contributed by atoms with Gasteiger partial charge in [-0.25, -0.2) is 13.6 Å². The summed E-state index contributed by atoms with van der Waals surface area (Å²) < 4.78 is 23.0. The molecule has 2 atom stereocenters. The Morgan fingerprint density at radius 3 is 2.07 bits per heavy atom. The predicted octanol–water partition coefficient (Wildman–Crippen LogP) is 3.21. The minimum atomic E-state index is -3.76. The molecule has 10 heteroatoms. The van der Waals surface area contributed by atoms with Crippen LogP contribution in [0.1, 0.15) is 70.0 Å².